The molecule has 6 rings (SSSR count). The molecule has 0 saturated carbocycles. The van der Waals surface area contributed by atoms with Crippen LogP contribution in [-0.2, 0) is 19.9 Å². The predicted molar refractivity (Wildman–Crippen MR) is 150 cm³/mol. The Morgan fingerprint density at radius 3 is 1.89 bits per heavy atom. The number of hydrogen-bond donors (Lipinski definition) is 0. The summed E-state index contributed by atoms with van der Waals surface area (Å²) >= 11 is 0. The van der Waals surface area contributed by atoms with E-state index in [1.807, 2.05) is 114 Å². The van der Waals surface area contributed by atoms with Gasteiger partial charge in [-0.25, -0.2) is 4.99 Å². The van der Waals surface area contributed by atoms with Crippen LogP contribution in [0.3, 0.4) is 0 Å². The second-order valence-electron chi connectivity index (χ2n) is 12.0. The number of aryl methyl sites for hydroxylation is 3. The number of ether oxygens (including phenoxy) is 1. The highest BCUT2D eigenvalue weighted by atomic mass is 16.5. The summed E-state index contributed by atoms with van der Waals surface area (Å²) in [5.41, 5.74) is 4.12. The molecule has 2 atom stereocenters. The normalized spacial score (nSPS) is 24.6. The van der Waals surface area contributed by atoms with Gasteiger partial charge in [-0.2, -0.15) is 0 Å². The maximum absolute atomic E-state index is 13.8. The molecule has 3 aliphatic heterocycles. The fourth-order valence-electron chi connectivity index (χ4n) is 6.14. The first-order valence-corrected chi connectivity index (χ1v) is 13.1. The van der Waals surface area contributed by atoms with Crippen LogP contribution in [-0.4, -0.2) is 23.9 Å². The molecule has 6 heteroatoms. The zero-order valence-corrected chi connectivity index (χ0v) is 23.0. The average Bonchev–Trinajstić information content (AvgIpc) is 3.21. The van der Waals surface area contributed by atoms with E-state index >= 15 is 0 Å². The largest absolute Gasteiger partial charge is 0.453 e. The van der Waals surface area contributed by atoms with E-state index in [1.54, 1.807) is 4.90 Å². The van der Waals surface area contributed by atoms with E-state index in [-0.39, 0.29) is 11.8 Å². The predicted octanol–water partition coefficient (Wildman–Crippen LogP) is 6.34. The van der Waals surface area contributed by atoms with Crippen LogP contribution in [0.15, 0.2) is 71.7 Å². The van der Waals surface area contributed by atoms with Crippen molar-refractivity contribution in [2.75, 3.05) is 9.80 Å². The monoisotopic (exact) mass is 507 g/mol. The quantitative estimate of drug-likeness (QED) is 0.389. The van der Waals surface area contributed by atoms with Crippen molar-refractivity contribution in [3.05, 3.63) is 89.0 Å². The molecule has 0 unspecified atom stereocenters. The maximum Gasteiger partial charge on any atom is 0.241 e. The van der Waals surface area contributed by atoms with Gasteiger partial charge in [-0.05, 0) is 78.8 Å². The number of fused-ring (bicyclic) bond motifs is 2. The molecule has 3 aromatic rings. The Bertz CT molecular complexity index is 1520. The smallest absolute Gasteiger partial charge is 0.241 e. The van der Waals surface area contributed by atoms with Gasteiger partial charge in [0.2, 0.25) is 17.7 Å². The summed E-state index contributed by atoms with van der Waals surface area (Å²) < 4.78 is 6.83. The Kier molecular flexibility index (Phi) is 5.00. The van der Waals surface area contributed by atoms with Gasteiger partial charge in [-0.3, -0.25) is 19.4 Å². The Hall–Kier alpha value is -3.93. The molecular formula is C32H33N3O3. The molecular weight excluding hydrogens is 474 g/mol. The molecule has 3 aliphatic rings. The number of amides is 2. The highest BCUT2D eigenvalue weighted by Gasteiger charge is 2.74. The van der Waals surface area contributed by atoms with E-state index in [0.717, 1.165) is 39.3 Å². The molecule has 2 fully saturated rings. The number of hydrogen-bond acceptors (Lipinski definition) is 4. The van der Waals surface area contributed by atoms with Crippen molar-refractivity contribution in [2.45, 2.75) is 60.2 Å². The minimum atomic E-state index is -0.936. The molecule has 38 heavy (non-hydrogen) atoms. The van der Waals surface area contributed by atoms with E-state index in [1.165, 1.54) is 0 Å². The fraction of sp³-hybridized carbons (Fsp3) is 0.344. The first kappa shape index (κ1) is 24.4. The molecule has 194 valence electrons. The van der Waals surface area contributed by atoms with Crippen LogP contribution in [0.5, 0.6) is 0 Å². The van der Waals surface area contributed by atoms with Gasteiger partial charge in [-0.15, -0.1) is 0 Å². The van der Waals surface area contributed by atoms with Gasteiger partial charge in [0.1, 0.15) is 5.41 Å². The second kappa shape index (κ2) is 7.79. The molecule has 0 aliphatic carbocycles. The summed E-state index contributed by atoms with van der Waals surface area (Å²) in [5, 5.41) is 0. The molecule has 0 N–H and O–H groups in total. The molecule has 3 heterocycles. The summed E-state index contributed by atoms with van der Waals surface area (Å²) in [6.07, 6.45) is -0.574. The van der Waals surface area contributed by atoms with E-state index in [0.29, 0.717) is 5.90 Å². The first-order chi connectivity index (χ1) is 17.9. The van der Waals surface area contributed by atoms with Crippen molar-refractivity contribution in [1.82, 2.24) is 0 Å². The van der Waals surface area contributed by atoms with Crippen LogP contribution in [0, 0.1) is 31.6 Å². The number of anilines is 2. The number of aliphatic imine (C=N–C) groups is 1. The van der Waals surface area contributed by atoms with Gasteiger partial charge in [0, 0.05) is 16.9 Å². The van der Waals surface area contributed by atoms with Crippen molar-refractivity contribution in [2.24, 2.45) is 15.8 Å². The lowest BCUT2D eigenvalue weighted by atomic mass is 9.59. The summed E-state index contributed by atoms with van der Waals surface area (Å²) in [6, 6.07) is 22.0. The minimum absolute atomic E-state index is 0.00588. The number of carbonyl (C=O) groups excluding carboxylic acids is 2. The van der Waals surface area contributed by atoms with Gasteiger partial charge in [0.25, 0.3) is 0 Å². The molecule has 0 radical (unpaired) electrons. The van der Waals surface area contributed by atoms with Gasteiger partial charge in [0.15, 0.2) is 11.8 Å². The summed E-state index contributed by atoms with van der Waals surface area (Å²) in [6.45, 7) is 13.8. The van der Waals surface area contributed by atoms with Crippen LogP contribution in [0.2, 0.25) is 0 Å². The zero-order chi connectivity index (χ0) is 27.2. The molecule has 0 bridgehead atoms. The van der Waals surface area contributed by atoms with E-state index in [4.69, 9.17) is 9.73 Å². The molecule has 2 saturated heterocycles. The van der Waals surface area contributed by atoms with Crippen LogP contribution >= 0.6 is 0 Å². The zero-order valence-electron chi connectivity index (χ0n) is 23.0. The van der Waals surface area contributed by atoms with Crippen LogP contribution in [0.25, 0.3) is 0 Å². The number of carbonyl (C=O) groups is 2. The number of nitrogens with zero attached hydrogens (tertiary/aromatic N) is 3. The van der Waals surface area contributed by atoms with Gasteiger partial charge in [-0.1, -0.05) is 53.1 Å². The van der Waals surface area contributed by atoms with Gasteiger partial charge >= 0.3 is 0 Å². The summed E-state index contributed by atoms with van der Waals surface area (Å²) in [7, 11) is 0. The van der Waals surface area contributed by atoms with Crippen LogP contribution in [0.4, 0.5) is 17.1 Å². The molecule has 1 spiro atoms. The number of β-lactam (4-membered cyclic amide) rings is 2. The number of rotatable bonds is 3. The molecule has 6 nitrogen and oxygen atoms in total. The third-order valence-corrected chi connectivity index (χ3v) is 8.50. The lowest BCUT2D eigenvalue weighted by molar-refractivity contribution is -0.151. The Morgan fingerprint density at radius 2 is 1.29 bits per heavy atom. The van der Waals surface area contributed by atoms with Gasteiger partial charge < -0.3 is 4.74 Å². The second-order valence-corrected chi connectivity index (χ2v) is 12.0. The Balaban J connectivity index is 1.49. The topological polar surface area (TPSA) is 62.2 Å². The SMILES string of the molecule is Cc1ccc(N2C(=O)C(C)(C)[C@@H]2OC2=Nc3ccc(C)cc3[C@@]23N(c2ccc(C)cc2)C(=O)C3(C)C)cc1. The average molecular weight is 508 g/mol. The summed E-state index contributed by atoms with van der Waals surface area (Å²) in [5.74, 6) is 0.448. The third kappa shape index (κ3) is 2.97. The van der Waals surface area contributed by atoms with Crippen molar-refractivity contribution < 1.29 is 14.3 Å². The van der Waals surface area contributed by atoms with Crippen LogP contribution < -0.4 is 9.80 Å². The highest BCUT2D eigenvalue weighted by molar-refractivity contribution is 6.20. The van der Waals surface area contributed by atoms with E-state index in [2.05, 4.69) is 6.07 Å². The van der Waals surface area contributed by atoms with Gasteiger partial charge in [0.05, 0.1) is 11.1 Å². The van der Waals surface area contributed by atoms with Crippen molar-refractivity contribution in [3.63, 3.8) is 0 Å². The standard InChI is InChI=1S/C32H33N3O3/c1-19-8-13-22(14-9-19)34-27(36)30(4,5)29(34)38-26-32(24-18-21(3)12-17-25(24)33-26)31(6,7)28(37)35(32)23-15-10-20(2)11-16-23/h8-18,29H,1-7H3/t29-,32+/m0/s1. The lowest BCUT2D eigenvalue weighted by Crippen LogP contribution is -2.78. The Morgan fingerprint density at radius 1 is 0.737 bits per heavy atom. The van der Waals surface area contributed by atoms with Crippen molar-refractivity contribution in [3.8, 4) is 0 Å². The van der Waals surface area contributed by atoms with Crippen molar-refractivity contribution >= 4 is 34.8 Å². The van der Waals surface area contributed by atoms with Crippen molar-refractivity contribution in [1.29, 1.82) is 0 Å². The molecule has 2 amide bonds. The lowest BCUT2D eigenvalue weighted by Gasteiger charge is -2.62. The van der Waals surface area contributed by atoms with E-state index < -0.39 is 22.6 Å². The highest BCUT2D eigenvalue weighted by Crippen LogP contribution is 2.63. The maximum atomic E-state index is 13.8. The number of benzene rings is 3. The van der Waals surface area contributed by atoms with E-state index in [9.17, 15) is 9.59 Å². The molecule has 3 aromatic carbocycles. The first-order valence-electron chi connectivity index (χ1n) is 13.1. The van der Waals surface area contributed by atoms with Crippen LogP contribution in [0.1, 0.15) is 49.9 Å². The minimum Gasteiger partial charge on any atom is -0.453 e. The third-order valence-electron chi connectivity index (χ3n) is 8.50. The Labute approximate surface area is 223 Å². The fourth-order valence-corrected chi connectivity index (χ4v) is 6.14. The molecule has 0 aromatic heterocycles. The summed E-state index contributed by atoms with van der Waals surface area (Å²) in [4.78, 5) is 35.6.